The van der Waals surface area contributed by atoms with Crippen LogP contribution in [0.4, 0.5) is 10.1 Å². The van der Waals surface area contributed by atoms with Gasteiger partial charge in [0.15, 0.2) is 0 Å². The molecule has 1 amide bonds. The number of fused-ring (bicyclic) bond motifs is 1. The van der Waals surface area contributed by atoms with E-state index in [-0.39, 0.29) is 11.7 Å². The van der Waals surface area contributed by atoms with Gasteiger partial charge in [0.1, 0.15) is 17.3 Å². The predicted molar refractivity (Wildman–Crippen MR) is 83.8 cm³/mol. The summed E-state index contributed by atoms with van der Waals surface area (Å²) in [6.07, 6.45) is 0. The maximum Gasteiger partial charge on any atom is 0.272 e. The number of aromatic nitrogens is 1. The van der Waals surface area contributed by atoms with Gasteiger partial charge < -0.3 is 15.0 Å². The van der Waals surface area contributed by atoms with Gasteiger partial charge >= 0.3 is 0 Å². The van der Waals surface area contributed by atoms with E-state index in [0.717, 1.165) is 11.3 Å². The molecule has 0 unspecified atom stereocenters. The van der Waals surface area contributed by atoms with Crippen molar-refractivity contribution in [2.45, 2.75) is 6.92 Å². The number of halogens is 1. The molecule has 5 heteroatoms. The summed E-state index contributed by atoms with van der Waals surface area (Å²) in [5, 5.41) is 3.45. The average molecular weight is 298 g/mol. The molecule has 0 aliphatic heterocycles. The Morgan fingerprint density at radius 2 is 1.95 bits per heavy atom. The molecule has 0 radical (unpaired) electrons. The second kappa shape index (κ2) is 5.89. The first-order valence-corrected chi connectivity index (χ1v) is 6.98. The number of amides is 1. The zero-order valence-electron chi connectivity index (χ0n) is 12.0. The third-order valence-electron chi connectivity index (χ3n) is 3.25. The van der Waals surface area contributed by atoms with Gasteiger partial charge in [-0.15, -0.1) is 0 Å². The normalized spacial score (nSPS) is 10.6. The van der Waals surface area contributed by atoms with E-state index in [1.165, 1.54) is 12.1 Å². The number of aromatic amines is 1. The minimum Gasteiger partial charge on any atom is -0.494 e. The number of anilines is 1. The molecule has 0 aliphatic rings. The number of benzene rings is 2. The lowest BCUT2D eigenvalue weighted by Crippen LogP contribution is -2.12. The molecule has 2 aromatic carbocycles. The fourth-order valence-corrected chi connectivity index (χ4v) is 2.23. The van der Waals surface area contributed by atoms with E-state index < -0.39 is 0 Å². The van der Waals surface area contributed by atoms with Crippen LogP contribution in [0.15, 0.2) is 48.5 Å². The van der Waals surface area contributed by atoms with Gasteiger partial charge in [-0.2, -0.15) is 0 Å². The van der Waals surface area contributed by atoms with Crippen LogP contribution < -0.4 is 10.1 Å². The first-order chi connectivity index (χ1) is 10.7. The van der Waals surface area contributed by atoms with Crippen molar-refractivity contribution < 1.29 is 13.9 Å². The van der Waals surface area contributed by atoms with Crippen molar-refractivity contribution in [1.82, 2.24) is 4.98 Å². The summed E-state index contributed by atoms with van der Waals surface area (Å²) in [6.45, 7) is 2.51. The Labute approximate surface area is 126 Å². The zero-order chi connectivity index (χ0) is 15.5. The SMILES string of the molecule is CCOc1ccc(NC(=O)c2cc3cc(F)ccc3[nH]2)cc1. The van der Waals surface area contributed by atoms with Crippen LogP contribution in [0.2, 0.25) is 0 Å². The van der Waals surface area contributed by atoms with Crippen LogP contribution in [0.3, 0.4) is 0 Å². The molecule has 0 fully saturated rings. The van der Waals surface area contributed by atoms with Crippen LogP contribution in [-0.4, -0.2) is 17.5 Å². The topological polar surface area (TPSA) is 54.1 Å². The number of H-pyrrole nitrogens is 1. The third-order valence-corrected chi connectivity index (χ3v) is 3.25. The largest absolute Gasteiger partial charge is 0.494 e. The highest BCUT2D eigenvalue weighted by atomic mass is 19.1. The third kappa shape index (κ3) is 2.93. The molecular formula is C17H15FN2O2. The Balaban J connectivity index is 1.77. The summed E-state index contributed by atoms with van der Waals surface area (Å²) >= 11 is 0. The molecule has 1 heterocycles. The minimum atomic E-state index is -0.329. The molecule has 2 N–H and O–H groups in total. The van der Waals surface area contributed by atoms with Crippen LogP contribution in [0, 0.1) is 5.82 Å². The van der Waals surface area contributed by atoms with Gasteiger partial charge in [-0.25, -0.2) is 4.39 Å². The number of ether oxygens (including phenoxy) is 1. The van der Waals surface area contributed by atoms with E-state index in [2.05, 4.69) is 10.3 Å². The first-order valence-electron chi connectivity index (χ1n) is 6.98. The van der Waals surface area contributed by atoms with Gasteiger partial charge in [-0.3, -0.25) is 4.79 Å². The predicted octanol–water partition coefficient (Wildman–Crippen LogP) is 3.96. The van der Waals surface area contributed by atoms with E-state index in [0.29, 0.717) is 23.4 Å². The number of hydrogen-bond donors (Lipinski definition) is 2. The molecule has 0 aliphatic carbocycles. The Hall–Kier alpha value is -2.82. The summed E-state index contributed by atoms with van der Waals surface area (Å²) in [5.41, 5.74) is 1.77. The Morgan fingerprint density at radius 1 is 1.18 bits per heavy atom. The van der Waals surface area contributed by atoms with E-state index in [4.69, 9.17) is 4.74 Å². The van der Waals surface area contributed by atoms with Gasteiger partial charge in [-0.1, -0.05) is 0 Å². The number of hydrogen-bond acceptors (Lipinski definition) is 2. The second-order valence-electron chi connectivity index (χ2n) is 4.83. The number of carbonyl (C=O) groups excluding carboxylic acids is 1. The zero-order valence-corrected chi connectivity index (χ0v) is 12.0. The fraction of sp³-hybridized carbons (Fsp3) is 0.118. The van der Waals surface area contributed by atoms with Crippen molar-refractivity contribution in [2.75, 3.05) is 11.9 Å². The van der Waals surface area contributed by atoms with Crippen molar-refractivity contribution >= 4 is 22.5 Å². The van der Waals surface area contributed by atoms with Gasteiger partial charge in [-0.05, 0) is 55.5 Å². The quantitative estimate of drug-likeness (QED) is 0.766. The summed E-state index contributed by atoms with van der Waals surface area (Å²) in [4.78, 5) is 15.2. The van der Waals surface area contributed by atoms with E-state index in [1.54, 1.807) is 36.4 Å². The second-order valence-corrected chi connectivity index (χ2v) is 4.83. The van der Waals surface area contributed by atoms with Crippen LogP contribution in [0.5, 0.6) is 5.75 Å². The molecule has 3 rings (SSSR count). The molecule has 22 heavy (non-hydrogen) atoms. The lowest BCUT2D eigenvalue weighted by atomic mass is 10.2. The molecule has 112 valence electrons. The number of nitrogens with one attached hydrogen (secondary N) is 2. The Bertz CT molecular complexity index is 809. The molecule has 0 saturated carbocycles. The summed E-state index contributed by atoms with van der Waals surface area (Å²) in [7, 11) is 0. The van der Waals surface area contributed by atoms with E-state index in [1.807, 2.05) is 6.92 Å². The molecule has 0 bridgehead atoms. The first kappa shape index (κ1) is 14.1. The van der Waals surface area contributed by atoms with Crippen LogP contribution in [-0.2, 0) is 0 Å². The molecule has 0 spiro atoms. The summed E-state index contributed by atoms with van der Waals surface area (Å²) < 4.78 is 18.5. The van der Waals surface area contributed by atoms with Crippen molar-refractivity contribution in [1.29, 1.82) is 0 Å². The minimum absolute atomic E-state index is 0.277. The van der Waals surface area contributed by atoms with Gasteiger partial charge in [0.2, 0.25) is 0 Å². The Morgan fingerprint density at radius 3 is 2.68 bits per heavy atom. The summed E-state index contributed by atoms with van der Waals surface area (Å²) in [5.74, 6) is 0.146. The van der Waals surface area contributed by atoms with Crippen molar-refractivity contribution in [3.05, 3.63) is 60.0 Å². The van der Waals surface area contributed by atoms with Gasteiger partial charge in [0, 0.05) is 16.6 Å². The summed E-state index contributed by atoms with van der Waals surface area (Å²) in [6, 6.07) is 13.1. The van der Waals surface area contributed by atoms with E-state index >= 15 is 0 Å². The maximum atomic E-state index is 13.2. The molecular weight excluding hydrogens is 283 g/mol. The highest BCUT2D eigenvalue weighted by molar-refractivity contribution is 6.05. The van der Waals surface area contributed by atoms with Crippen LogP contribution in [0.25, 0.3) is 10.9 Å². The molecule has 3 aromatic rings. The van der Waals surface area contributed by atoms with Crippen molar-refractivity contribution in [3.63, 3.8) is 0 Å². The highest BCUT2D eigenvalue weighted by Crippen LogP contribution is 2.19. The number of rotatable bonds is 4. The smallest absolute Gasteiger partial charge is 0.272 e. The van der Waals surface area contributed by atoms with E-state index in [9.17, 15) is 9.18 Å². The maximum absolute atomic E-state index is 13.2. The standard InChI is InChI=1S/C17H15FN2O2/c1-2-22-14-6-4-13(5-7-14)19-17(21)16-10-11-9-12(18)3-8-15(11)20-16/h3-10,20H,2H2,1H3,(H,19,21). The van der Waals surface area contributed by atoms with Crippen LogP contribution in [0.1, 0.15) is 17.4 Å². The molecule has 0 saturated heterocycles. The van der Waals surface area contributed by atoms with Crippen molar-refractivity contribution in [2.24, 2.45) is 0 Å². The lowest BCUT2D eigenvalue weighted by molar-refractivity contribution is 0.102. The molecule has 1 aromatic heterocycles. The fourth-order valence-electron chi connectivity index (χ4n) is 2.23. The van der Waals surface area contributed by atoms with Gasteiger partial charge in [0.05, 0.1) is 6.61 Å². The van der Waals surface area contributed by atoms with Crippen molar-refractivity contribution in [3.8, 4) is 5.75 Å². The average Bonchev–Trinajstić information content (AvgIpc) is 2.92. The number of carbonyl (C=O) groups is 1. The highest BCUT2D eigenvalue weighted by Gasteiger charge is 2.10. The molecule has 4 nitrogen and oxygen atoms in total. The monoisotopic (exact) mass is 298 g/mol. The molecule has 0 atom stereocenters. The van der Waals surface area contributed by atoms with Gasteiger partial charge in [0.25, 0.3) is 5.91 Å². The van der Waals surface area contributed by atoms with Crippen LogP contribution >= 0.6 is 0 Å². The Kier molecular flexibility index (Phi) is 3.78. The lowest BCUT2D eigenvalue weighted by Gasteiger charge is -2.06.